The van der Waals surface area contributed by atoms with E-state index in [0.29, 0.717) is 17.1 Å². The van der Waals surface area contributed by atoms with Crippen molar-refractivity contribution in [3.63, 3.8) is 0 Å². The van der Waals surface area contributed by atoms with E-state index in [0.717, 1.165) is 0 Å². The van der Waals surface area contributed by atoms with E-state index in [1.165, 1.54) is 14.2 Å². The Morgan fingerprint density at radius 2 is 2.22 bits per heavy atom. The molecular weight excluding hydrogens is 234 g/mol. The summed E-state index contributed by atoms with van der Waals surface area (Å²) in [5.41, 5.74) is 0.472. The van der Waals surface area contributed by atoms with Crippen molar-refractivity contribution in [2.75, 3.05) is 20.8 Å². The number of methoxy groups -OCH3 is 2. The number of terminal acetylenes is 1. The second-order valence-corrected chi connectivity index (χ2v) is 3.44. The van der Waals surface area contributed by atoms with Crippen LogP contribution in [0.2, 0.25) is 0 Å². The van der Waals surface area contributed by atoms with E-state index >= 15 is 0 Å². The molecule has 2 N–H and O–H groups in total. The topological polar surface area (TPSA) is 67.8 Å². The summed E-state index contributed by atoms with van der Waals surface area (Å²) >= 11 is 0. The molecule has 5 nitrogen and oxygen atoms in total. The van der Waals surface area contributed by atoms with Crippen molar-refractivity contribution in [2.24, 2.45) is 0 Å². The van der Waals surface area contributed by atoms with Gasteiger partial charge in [-0.15, -0.1) is 6.42 Å². The van der Waals surface area contributed by atoms with Crippen molar-refractivity contribution in [1.82, 2.24) is 5.32 Å². The van der Waals surface area contributed by atoms with E-state index in [4.69, 9.17) is 15.9 Å². The Kier molecular flexibility index (Phi) is 5.03. The van der Waals surface area contributed by atoms with Crippen molar-refractivity contribution >= 4 is 5.97 Å². The van der Waals surface area contributed by atoms with Gasteiger partial charge >= 0.3 is 5.97 Å². The normalized spacial score (nSPS) is 11.4. The lowest BCUT2D eigenvalue weighted by Gasteiger charge is -2.18. The fourth-order valence-electron chi connectivity index (χ4n) is 1.63. The SMILES string of the molecule is C#CCNC(C(=O)O)c1cccc(OC)c1OC. The van der Waals surface area contributed by atoms with Gasteiger partial charge in [-0.2, -0.15) is 0 Å². The molecule has 1 aromatic carbocycles. The molecule has 0 saturated carbocycles. The number of benzene rings is 1. The van der Waals surface area contributed by atoms with Gasteiger partial charge in [0, 0.05) is 5.56 Å². The second kappa shape index (κ2) is 6.52. The molecule has 1 unspecified atom stereocenters. The van der Waals surface area contributed by atoms with Crippen LogP contribution < -0.4 is 14.8 Å². The van der Waals surface area contributed by atoms with Crippen LogP contribution in [0.25, 0.3) is 0 Å². The molecule has 0 aliphatic carbocycles. The Morgan fingerprint density at radius 1 is 1.50 bits per heavy atom. The molecule has 0 aliphatic heterocycles. The summed E-state index contributed by atoms with van der Waals surface area (Å²) in [4.78, 5) is 11.2. The first-order valence-corrected chi connectivity index (χ1v) is 5.26. The Morgan fingerprint density at radius 3 is 2.72 bits per heavy atom. The number of rotatable bonds is 6. The number of para-hydroxylation sites is 1. The fourth-order valence-corrected chi connectivity index (χ4v) is 1.63. The van der Waals surface area contributed by atoms with Gasteiger partial charge in [-0.3, -0.25) is 10.1 Å². The zero-order valence-corrected chi connectivity index (χ0v) is 10.3. The van der Waals surface area contributed by atoms with Gasteiger partial charge < -0.3 is 14.6 Å². The number of aliphatic carboxylic acids is 1. The molecule has 0 bridgehead atoms. The minimum absolute atomic E-state index is 0.150. The average molecular weight is 249 g/mol. The second-order valence-electron chi connectivity index (χ2n) is 3.44. The predicted octanol–water partition coefficient (Wildman–Crippen LogP) is 1.05. The maximum absolute atomic E-state index is 11.2. The number of hydrogen-bond donors (Lipinski definition) is 2. The van der Waals surface area contributed by atoms with Gasteiger partial charge in [0.2, 0.25) is 0 Å². The summed E-state index contributed by atoms with van der Waals surface area (Å²) in [5.74, 6) is 2.17. The number of carbonyl (C=O) groups is 1. The molecule has 0 radical (unpaired) electrons. The minimum atomic E-state index is -1.03. The first-order valence-electron chi connectivity index (χ1n) is 5.26. The van der Waals surface area contributed by atoms with Crippen LogP contribution in [0.5, 0.6) is 11.5 Å². The third-order valence-corrected chi connectivity index (χ3v) is 2.40. The van der Waals surface area contributed by atoms with Crippen molar-refractivity contribution in [3.8, 4) is 23.8 Å². The van der Waals surface area contributed by atoms with Gasteiger partial charge in [-0.25, -0.2) is 0 Å². The van der Waals surface area contributed by atoms with Crippen molar-refractivity contribution in [2.45, 2.75) is 6.04 Å². The van der Waals surface area contributed by atoms with E-state index in [2.05, 4.69) is 11.2 Å². The minimum Gasteiger partial charge on any atom is -0.493 e. The highest BCUT2D eigenvalue weighted by Crippen LogP contribution is 2.34. The summed E-state index contributed by atoms with van der Waals surface area (Å²) < 4.78 is 10.3. The number of hydrogen-bond acceptors (Lipinski definition) is 4. The molecule has 96 valence electrons. The van der Waals surface area contributed by atoms with E-state index in [1.54, 1.807) is 18.2 Å². The molecular formula is C13H15NO4. The van der Waals surface area contributed by atoms with E-state index in [-0.39, 0.29) is 6.54 Å². The van der Waals surface area contributed by atoms with Crippen LogP contribution in [-0.2, 0) is 4.79 Å². The summed E-state index contributed by atoms with van der Waals surface area (Å²) in [6.07, 6.45) is 5.12. The van der Waals surface area contributed by atoms with Crippen LogP contribution in [-0.4, -0.2) is 31.8 Å². The molecule has 0 aromatic heterocycles. The third-order valence-electron chi connectivity index (χ3n) is 2.40. The first kappa shape index (κ1) is 13.9. The molecule has 0 heterocycles. The fraction of sp³-hybridized carbons (Fsp3) is 0.308. The summed E-state index contributed by atoms with van der Waals surface area (Å²) in [7, 11) is 2.95. The van der Waals surface area contributed by atoms with E-state index in [9.17, 15) is 9.90 Å². The smallest absolute Gasteiger partial charge is 0.325 e. The highest BCUT2D eigenvalue weighted by atomic mass is 16.5. The van der Waals surface area contributed by atoms with Crippen LogP contribution in [0.4, 0.5) is 0 Å². The Bertz CT molecular complexity index is 465. The third kappa shape index (κ3) is 2.93. The van der Waals surface area contributed by atoms with Gasteiger partial charge in [0.1, 0.15) is 6.04 Å². The Labute approximate surface area is 106 Å². The van der Waals surface area contributed by atoms with Crippen molar-refractivity contribution in [1.29, 1.82) is 0 Å². The quantitative estimate of drug-likeness (QED) is 0.738. The summed E-state index contributed by atoms with van der Waals surface area (Å²) in [5, 5.41) is 11.9. The Balaban J connectivity index is 3.19. The lowest BCUT2D eigenvalue weighted by molar-refractivity contribution is -0.139. The first-order chi connectivity index (χ1) is 8.65. The van der Waals surface area contributed by atoms with Crippen LogP contribution >= 0.6 is 0 Å². The van der Waals surface area contributed by atoms with Gasteiger partial charge in [-0.05, 0) is 6.07 Å². The monoisotopic (exact) mass is 249 g/mol. The van der Waals surface area contributed by atoms with E-state index < -0.39 is 12.0 Å². The lowest BCUT2D eigenvalue weighted by atomic mass is 10.1. The molecule has 0 amide bonds. The average Bonchev–Trinajstić information content (AvgIpc) is 2.38. The van der Waals surface area contributed by atoms with Crippen LogP contribution in [0.1, 0.15) is 11.6 Å². The number of carboxylic acid groups (broad SMARTS) is 1. The number of nitrogens with one attached hydrogen (secondary N) is 1. The van der Waals surface area contributed by atoms with Crippen molar-refractivity contribution < 1.29 is 19.4 Å². The molecule has 5 heteroatoms. The molecule has 1 rings (SSSR count). The molecule has 0 aliphatic rings. The molecule has 0 fully saturated rings. The predicted molar refractivity (Wildman–Crippen MR) is 66.8 cm³/mol. The standard InChI is InChI=1S/C13H15NO4/c1-4-8-14-11(13(15)16)9-6-5-7-10(17-2)12(9)18-3/h1,5-7,11,14H,8H2,2-3H3,(H,15,16). The summed E-state index contributed by atoms with van der Waals surface area (Å²) in [6.45, 7) is 0.150. The highest BCUT2D eigenvalue weighted by molar-refractivity contribution is 5.77. The van der Waals surface area contributed by atoms with Gasteiger partial charge in [0.15, 0.2) is 11.5 Å². The maximum Gasteiger partial charge on any atom is 0.325 e. The molecule has 0 spiro atoms. The summed E-state index contributed by atoms with van der Waals surface area (Å²) in [6, 6.07) is 4.11. The molecule has 0 saturated heterocycles. The van der Waals surface area contributed by atoms with Crippen molar-refractivity contribution in [3.05, 3.63) is 23.8 Å². The molecule has 1 atom stereocenters. The molecule has 18 heavy (non-hydrogen) atoms. The van der Waals surface area contributed by atoms with Gasteiger partial charge in [0.25, 0.3) is 0 Å². The van der Waals surface area contributed by atoms with Crippen LogP contribution in [0.3, 0.4) is 0 Å². The number of carboxylic acids is 1. The molecule has 1 aromatic rings. The number of ether oxygens (including phenoxy) is 2. The van der Waals surface area contributed by atoms with Crippen LogP contribution in [0, 0.1) is 12.3 Å². The maximum atomic E-state index is 11.2. The lowest BCUT2D eigenvalue weighted by Crippen LogP contribution is -2.29. The Hall–Kier alpha value is -2.19. The largest absolute Gasteiger partial charge is 0.493 e. The zero-order chi connectivity index (χ0) is 13.5. The highest BCUT2D eigenvalue weighted by Gasteiger charge is 2.24. The van der Waals surface area contributed by atoms with E-state index in [1.807, 2.05) is 0 Å². The van der Waals surface area contributed by atoms with Gasteiger partial charge in [-0.1, -0.05) is 18.1 Å². The van der Waals surface area contributed by atoms with Crippen LogP contribution in [0.15, 0.2) is 18.2 Å². The zero-order valence-electron chi connectivity index (χ0n) is 10.3. The van der Waals surface area contributed by atoms with Gasteiger partial charge in [0.05, 0.1) is 20.8 Å².